The first kappa shape index (κ1) is 13.7. The lowest BCUT2D eigenvalue weighted by molar-refractivity contribution is 0.0953. The molecular weight excluding hydrogens is 263 g/mol. The first-order valence-corrected chi connectivity index (χ1v) is 6.89. The highest BCUT2D eigenvalue weighted by molar-refractivity contribution is 7.09. The van der Waals surface area contributed by atoms with Crippen LogP contribution in [-0.2, 0) is 6.42 Å². The van der Waals surface area contributed by atoms with E-state index in [2.05, 4.69) is 10.3 Å². The summed E-state index contributed by atoms with van der Waals surface area (Å²) in [5.74, 6) is -0.617. The lowest BCUT2D eigenvalue weighted by Crippen LogP contribution is -2.25. The van der Waals surface area contributed by atoms with Gasteiger partial charge in [0.1, 0.15) is 5.82 Å². The van der Waals surface area contributed by atoms with E-state index in [1.807, 2.05) is 12.3 Å². The minimum Gasteiger partial charge on any atom is -0.352 e. The highest BCUT2D eigenvalue weighted by atomic mass is 32.1. The molecule has 0 bridgehead atoms. The number of rotatable bonds is 4. The molecule has 1 aromatic carbocycles. The highest BCUT2D eigenvalue weighted by Gasteiger charge is 2.08. The number of halogens is 1. The number of nitrogens with one attached hydrogen (secondary N) is 1. The maximum atomic E-state index is 13.3. The Morgan fingerprint density at radius 1 is 1.42 bits per heavy atom. The third-order valence-corrected chi connectivity index (χ3v) is 3.59. The number of carbonyl (C=O) groups excluding carboxylic acids is 1. The van der Waals surface area contributed by atoms with E-state index in [1.54, 1.807) is 30.4 Å². The van der Waals surface area contributed by atoms with Crippen molar-refractivity contribution in [2.24, 2.45) is 0 Å². The molecule has 2 aromatic rings. The van der Waals surface area contributed by atoms with Gasteiger partial charge < -0.3 is 5.32 Å². The van der Waals surface area contributed by atoms with E-state index >= 15 is 0 Å². The summed E-state index contributed by atoms with van der Waals surface area (Å²) in [7, 11) is 0. The van der Waals surface area contributed by atoms with E-state index in [4.69, 9.17) is 0 Å². The van der Waals surface area contributed by atoms with Crippen molar-refractivity contribution in [3.63, 3.8) is 0 Å². The minimum absolute atomic E-state index is 0.258. The van der Waals surface area contributed by atoms with E-state index in [0.29, 0.717) is 24.1 Å². The molecule has 19 heavy (non-hydrogen) atoms. The van der Waals surface area contributed by atoms with Crippen LogP contribution in [0.15, 0.2) is 23.6 Å². The summed E-state index contributed by atoms with van der Waals surface area (Å²) >= 11 is 1.59. The number of carbonyl (C=O) groups is 1. The van der Waals surface area contributed by atoms with Crippen LogP contribution in [-0.4, -0.2) is 17.4 Å². The summed E-state index contributed by atoms with van der Waals surface area (Å²) in [5.41, 5.74) is 1.85. The fourth-order valence-corrected chi connectivity index (χ4v) is 2.31. The number of amides is 1. The second kappa shape index (κ2) is 5.93. The molecule has 0 aliphatic carbocycles. The standard InChI is InChI=1S/C14H15FN2OS/c1-9-3-4-11(7-13(9)15)14(18)16-6-5-12-8-19-10(2)17-12/h3-4,7-8H,5-6H2,1-2H3,(H,16,18). The van der Waals surface area contributed by atoms with Crippen molar-refractivity contribution in [3.05, 3.63) is 51.2 Å². The summed E-state index contributed by atoms with van der Waals surface area (Å²) in [6, 6.07) is 4.49. The monoisotopic (exact) mass is 278 g/mol. The molecule has 0 aliphatic heterocycles. The molecule has 0 radical (unpaired) electrons. The van der Waals surface area contributed by atoms with Gasteiger partial charge in [-0.25, -0.2) is 9.37 Å². The van der Waals surface area contributed by atoms with Crippen LogP contribution in [0.4, 0.5) is 4.39 Å². The van der Waals surface area contributed by atoms with Gasteiger partial charge in [-0.15, -0.1) is 11.3 Å². The van der Waals surface area contributed by atoms with E-state index in [9.17, 15) is 9.18 Å². The van der Waals surface area contributed by atoms with Crippen LogP contribution in [0.5, 0.6) is 0 Å². The first-order valence-electron chi connectivity index (χ1n) is 6.01. The summed E-state index contributed by atoms with van der Waals surface area (Å²) < 4.78 is 13.3. The molecule has 1 amide bonds. The normalized spacial score (nSPS) is 10.5. The number of benzene rings is 1. The maximum Gasteiger partial charge on any atom is 0.251 e. The Hall–Kier alpha value is -1.75. The number of nitrogens with zero attached hydrogens (tertiary/aromatic N) is 1. The van der Waals surface area contributed by atoms with Gasteiger partial charge in [0.2, 0.25) is 0 Å². The lowest BCUT2D eigenvalue weighted by Gasteiger charge is -2.05. The molecule has 0 fully saturated rings. The van der Waals surface area contributed by atoms with Crippen LogP contribution in [0.3, 0.4) is 0 Å². The Morgan fingerprint density at radius 2 is 2.21 bits per heavy atom. The predicted molar refractivity (Wildman–Crippen MR) is 74.0 cm³/mol. The molecule has 3 nitrogen and oxygen atoms in total. The van der Waals surface area contributed by atoms with Gasteiger partial charge in [0.25, 0.3) is 5.91 Å². The molecule has 2 rings (SSSR count). The number of hydrogen-bond acceptors (Lipinski definition) is 3. The van der Waals surface area contributed by atoms with Crippen molar-refractivity contribution in [2.75, 3.05) is 6.54 Å². The summed E-state index contributed by atoms with van der Waals surface area (Å²) in [5, 5.41) is 5.76. The Balaban J connectivity index is 1.89. The molecular formula is C14H15FN2OS. The quantitative estimate of drug-likeness (QED) is 0.934. The van der Waals surface area contributed by atoms with Crippen LogP contribution >= 0.6 is 11.3 Å². The summed E-state index contributed by atoms with van der Waals surface area (Å²) in [4.78, 5) is 16.1. The van der Waals surface area contributed by atoms with Crippen molar-refractivity contribution in [1.29, 1.82) is 0 Å². The zero-order valence-electron chi connectivity index (χ0n) is 10.9. The molecule has 100 valence electrons. The zero-order chi connectivity index (χ0) is 13.8. The van der Waals surface area contributed by atoms with Gasteiger partial charge in [-0.05, 0) is 31.5 Å². The molecule has 1 N–H and O–H groups in total. The van der Waals surface area contributed by atoms with E-state index < -0.39 is 0 Å². The van der Waals surface area contributed by atoms with Crippen LogP contribution in [0, 0.1) is 19.7 Å². The average Bonchev–Trinajstić information content (AvgIpc) is 2.78. The van der Waals surface area contributed by atoms with Gasteiger partial charge in [-0.1, -0.05) is 6.07 Å². The van der Waals surface area contributed by atoms with Crippen LogP contribution < -0.4 is 5.32 Å². The molecule has 0 unspecified atom stereocenters. The minimum atomic E-state index is -0.359. The second-order valence-electron chi connectivity index (χ2n) is 4.33. The number of hydrogen-bond donors (Lipinski definition) is 1. The van der Waals surface area contributed by atoms with E-state index in [-0.39, 0.29) is 11.7 Å². The molecule has 0 atom stereocenters. The van der Waals surface area contributed by atoms with Gasteiger partial charge in [0.15, 0.2) is 0 Å². The van der Waals surface area contributed by atoms with Gasteiger partial charge in [-0.2, -0.15) is 0 Å². The molecule has 5 heteroatoms. The summed E-state index contributed by atoms with van der Waals surface area (Å²) in [6.45, 7) is 4.11. The van der Waals surface area contributed by atoms with E-state index in [1.165, 1.54) is 6.07 Å². The molecule has 0 spiro atoms. The molecule has 0 saturated heterocycles. The van der Waals surface area contributed by atoms with E-state index in [0.717, 1.165) is 10.7 Å². The first-order chi connectivity index (χ1) is 9.06. The molecule has 0 saturated carbocycles. The SMILES string of the molecule is Cc1nc(CCNC(=O)c2ccc(C)c(F)c2)cs1. The molecule has 0 aliphatic rings. The topological polar surface area (TPSA) is 42.0 Å². The van der Waals surface area contributed by atoms with Crippen LogP contribution in [0.2, 0.25) is 0 Å². The Bertz CT molecular complexity index is 595. The van der Waals surface area contributed by atoms with Crippen molar-refractivity contribution in [3.8, 4) is 0 Å². The maximum absolute atomic E-state index is 13.3. The third-order valence-electron chi connectivity index (χ3n) is 2.77. The van der Waals surface area contributed by atoms with Gasteiger partial charge in [-0.3, -0.25) is 4.79 Å². The van der Waals surface area contributed by atoms with Crippen LogP contribution in [0.25, 0.3) is 0 Å². The lowest BCUT2D eigenvalue weighted by atomic mass is 10.1. The molecule has 1 heterocycles. The third kappa shape index (κ3) is 3.61. The Labute approximate surface area is 115 Å². The van der Waals surface area contributed by atoms with Crippen molar-refractivity contribution in [2.45, 2.75) is 20.3 Å². The fraction of sp³-hybridized carbons (Fsp3) is 0.286. The van der Waals surface area contributed by atoms with Crippen molar-refractivity contribution >= 4 is 17.2 Å². The average molecular weight is 278 g/mol. The zero-order valence-corrected chi connectivity index (χ0v) is 11.7. The number of aromatic nitrogens is 1. The van der Waals surface area contributed by atoms with Gasteiger partial charge >= 0.3 is 0 Å². The smallest absolute Gasteiger partial charge is 0.251 e. The predicted octanol–water partition coefficient (Wildman–Crippen LogP) is 2.87. The highest BCUT2D eigenvalue weighted by Crippen LogP contribution is 2.10. The van der Waals surface area contributed by atoms with Crippen molar-refractivity contribution < 1.29 is 9.18 Å². The summed E-state index contributed by atoms with van der Waals surface area (Å²) in [6.07, 6.45) is 0.685. The number of aryl methyl sites for hydroxylation is 2. The largest absolute Gasteiger partial charge is 0.352 e. The van der Waals surface area contributed by atoms with Crippen molar-refractivity contribution in [1.82, 2.24) is 10.3 Å². The second-order valence-corrected chi connectivity index (χ2v) is 5.39. The molecule has 1 aromatic heterocycles. The van der Waals surface area contributed by atoms with Gasteiger partial charge in [0, 0.05) is 23.9 Å². The van der Waals surface area contributed by atoms with Gasteiger partial charge in [0.05, 0.1) is 10.7 Å². The fourth-order valence-electron chi connectivity index (χ4n) is 1.66. The Morgan fingerprint density at radius 3 is 2.84 bits per heavy atom. The number of thiazole rings is 1. The van der Waals surface area contributed by atoms with Crippen LogP contribution in [0.1, 0.15) is 26.6 Å². The Kier molecular flexibility index (Phi) is 4.27.